The van der Waals surface area contributed by atoms with Gasteiger partial charge in [0.1, 0.15) is 17.2 Å². The zero-order valence-electron chi connectivity index (χ0n) is 15.6. The summed E-state index contributed by atoms with van der Waals surface area (Å²) in [6, 6.07) is 7.18. The van der Waals surface area contributed by atoms with E-state index in [2.05, 4.69) is 22.0 Å². The summed E-state index contributed by atoms with van der Waals surface area (Å²) in [6.45, 7) is 8.80. The molecule has 4 nitrogen and oxygen atoms in total. The number of halogens is 2. The molecule has 0 aliphatic carbocycles. The van der Waals surface area contributed by atoms with Crippen LogP contribution in [0.3, 0.4) is 0 Å². The number of nitrogens with one attached hydrogen (secondary N) is 1. The molecule has 2 aromatic rings. The lowest BCUT2D eigenvalue weighted by Crippen LogP contribution is -2.52. The number of thiophene rings is 1. The number of hydrogen-bond acceptors (Lipinski definition) is 4. The summed E-state index contributed by atoms with van der Waals surface area (Å²) in [5.74, 6) is -2.40. The first kappa shape index (κ1) is 19.9. The molecule has 1 aliphatic rings. The number of nitrogens with zero attached hydrogens (tertiary/aromatic N) is 2. The molecule has 1 aromatic carbocycles. The molecule has 1 N–H and O–H groups in total. The monoisotopic (exact) mass is 393 g/mol. The molecule has 1 aromatic heterocycles. The number of piperazine rings is 1. The average Bonchev–Trinajstić information content (AvgIpc) is 3.16. The predicted molar refractivity (Wildman–Crippen MR) is 104 cm³/mol. The van der Waals surface area contributed by atoms with Crippen molar-refractivity contribution in [3.63, 3.8) is 0 Å². The highest BCUT2D eigenvalue weighted by molar-refractivity contribution is 7.10. The minimum atomic E-state index is -0.844. The Morgan fingerprint density at radius 1 is 1.15 bits per heavy atom. The van der Waals surface area contributed by atoms with Crippen molar-refractivity contribution in [2.24, 2.45) is 0 Å². The van der Waals surface area contributed by atoms with E-state index in [0.29, 0.717) is 0 Å². The lowest BCUT2D eigenvalue weighted by Gasteiger charge is -2.41. The van der Waals surface area contributed by atoms with Crippen LogP contribution in [0, 0.1) is 11.6 Å². The summed E-state index contributed by atoms with van der Waals surface area (Å²) in [5, 5.41) is 4.83. The van der Waals surface area contributed by atoms with Crippen LogP contribution < -0.4 is 5.32 Å². The van der Waals surface area contributed by atoms with Crippen molar-refractivity contribution < 1.29 is 13.6 Å². The largest absolute Gasteiger partial charge is 0.347 e. The first-order valence-electron chi connectivity index (χ1n) is 9.26. The Morgan fingerprint density at radius 2 is 1.81 bits per heavy atom. The molecule has 0 saturated carbocycles. The average molecular weight is 394 g/mol. The van der Waals surface area contributed by atoms with Crippen LogP contribution >= 0.6 is 11.3 Å². The van der Waals surface area contributed by atoms with Gasteiger partial charge in [-0.25, -0.2) is 8.78 Å². The minimum Gasteiger partial charge on any atom is -0.347 e. The smallest absolute Gasteiger partial charge is 0.257 e. The standard InChI is InChI=1S/C20H25F2N3OS/c1-3-24-9-11-25(12-10-24)19(17-8-5-13-27-17)14(2)23-20(26)18-15(21)6-4-7-16(18)22/h4-8,13-14,19H,3,9-12H2,1-2H3,(H,23,26)/t14-,19-/m0/s1. The molecular formula is C20H25F2N3OS. The molecule has 1 aliphatic heterocycles. The van der Waals surface area contributed by atoms with E-state index in [9.17, 15) is 13.6 Å². The third kappa shape index (κ3) is 4.54. The van der Waals surface area contributed by atoms with E-state index in [1.807, 2.05) is 24.4 Å². The van der Waals surface area contributed by atoms with Gasteiger partial charge in [-0.15, -0.1) is 11.3 Å². The van der Waals surface area contributed by atoms with E-state index in [-0.39, 0.29) is 12.1 Å². The molecule has 0 radical (unpaired) electrons. The van der Waals surface area contributed by atoms with Crippen LogP contribution in [0.15, 0.2) is 35.7 Å². The van der Waals surface area contributed by atoms with Gasteiger partial charge in [-0.3, -0.25) is 9.69 Å². The molecule has 2 heterocycles. The van der Waals surface area contributed by atoms with Gasteiger partial charge >= 0.3 is 0 Å². The van der Waals surface area contributed by atoms with E-state index < -0.39 is 23.1 Å². The first-order valence-corrected chi connectivity index (χ1v) is 10.1. The van der Waals surface area contributed by atoms with Gasteiger partial charge in [0.15, 0.2) is 0 Å². The van der Waals surface area contributed by atoms with Crippen molar-refractivity contribution in [2.75, 3.05) is 32.7 Å². The quantitative estimate of drug-likeness (QED) is 0.816. The lowest BCUT2D eigenvalue weighted by atomic mass is 10.0. The van der Waals surface area contributed by atoms with E-state index >= 15 is 0 Å². The van der Waals surface area contributed by atoms with Crippen LogP contribution in [0.1, 0.15) is 35.1 Å². The Hall–Kier alpha value is -1.83. The zero-order chi connectivity index (χ0) is 19.4. The van der Waals surface area contributed by atoms with Gasteiger partial charge in [-0.1, -0.05) is 19.1 Å². The third-order valence-corrected chi connectivity index (χ3v) is 6.05. The van der Waals surface area contributed by atoms with Crippen molar-refractivity contribution in [3.8, 4) is 0 Å². The summed E-state index contributed by atoms with van der Waals surface area (Å²) in [7, 11) is 0. The number of likely N-dealkylation sites (N-methyl/N-ethyl adjacent to an activating group) is 1. The first-order chi connectivity index (χ1) is 13.0. The maximum atomic E-state index is 13.9. The van der Waals surface area contributed by atoms with Crippen LogP contribution in [-0.4, -0.2) is 54.5 Å². The molecule has 146 valence electrons. The topological polar surface area (TPSA) is 35.6 Å². The normalized spacial score (nSPS) is 18.2. The highest BCUT2D eigenvalue weighted by Crippen LogP contribution is 2.29. The summed E-state index contributed by atoms with van der Waals surface area (Å²) in [5.41, 5.74) is -0.523. The SMILES string of the molecule is CCN1CCN([C@H](c2cccs2)[C@H](C)NC(=O)c2c(F)cccc2F)CC1. The summed E-state index contributed by atoms with van der Waals surface area (Å²) < 4.78 is 27.9. The number of benzene rings is 1. The number of rotatable bonds is 6. The van der Waals surface area contributed by atoms with Gasteiger partial charge in [0.25, 0.3) is 5.91 Å². The Bertz CT molecular complexity index is 740. The molecular weight excluding hydrogens is 368 g/mol. The van der Waals surface area contributed by atoms with Crippen molar-refractivity contribution in [1.29, 1.82) is 0 Å². The molecule has 1 saturated heterocycles. The van der Waals surface area contributed by atoms with E-state index in [0.717, 1.165) is 49.7 Å². The third-order valence-electron chi connectivity index (χ3n) is 5.10. The van der Waals surface area contributed by atoms with Gasteiger partial charge in [0, 0.05) is 37.1 Å². The summed E-state index contributed by atoms with van der Waals surface area (Å²) in [6.07, 6.45) is 0. The maximum absolute atomic E-state index is 13.9. The fourth-order valence-electron chi connectivity index (χ4n) is 3.63. The van der Waals surface area contributed by atoms with Gasteiger partial charge in [0.05, 0.1) is 6.04 Å². The van der Waals surface area contributed by atoms with Crippen LogP contribution in [0.5, 0.6) is 0 Å². The zero-order valence-corrected chi connectivity index (χ0v) is 16.4. The Balaban J connectivity index is 1.77. The molecule has 0 unspecified atom stereocenters. The van der Waals surface area contributed by atoms with Gasteiger partial charge in [-0.2, -0.15) is 0 Å². The van der Waals surface area contributed by atoms with Crippen molar-refractivity contribution >= 4 is 17.2 Å². The highest BCUT2D eigenvalue weighted by atomic mass is 32.1. The Kier molecular flexibility index (Phi) is 6.57. The van der Waals surface area contributed by atoms with Gasteiger partial charge < -0.3 is 10.2 Å². The summed E-state index contributed by atoms with van der Waals surface area (Å²) >= 11 is 1.63. The molecule has 2 atom stereocenters. The van der Waals surface area contributed by atoms with E-state index in [1.54, 1.807) is 11.3 Å². The molecule has 1 fully saturated rings. The predicted octanol–water partition coefficient (Wildman–Crippen LogP) is 3.52. The minimum absolute atomic E-state index is 0.0252. The van der Waals surface area contributed by atoms with Gasteiger partial charge in [0.2, 0.25) is 0 Å². The molecule has 3 rings (SSSR count). The number of hydrogen-bond donors (Lipinski definition) is 1. The molecule has 0 bridgehead atoms. The van der Waals surface area contributed by atoms with Crippen LogP contribution in [0.2, 0.25) is 0 Å². The fraction of sp³-hybridized carbons (Fsp3) is 0.450. The number of carbonyl (C=O) groups is 1. The Morgan fingerprint density at radius 3 is 2.37 bits per heavy atom. The number of carbonyl (C=O) groups excluding carboxylic acids is 1. The molecule has 0 spiro atoms. The second-order valence-corrected chi connectivity index (χ2v) is 7.77. The van der Waals surface area contributed by atoms with Crippen LogP contribution in [0.25, 0.3) is 0 Å². The highest BCUT2D eigenvalue weighted by Gasteiger charge is 2.31. The van der Waals surface area contributed by atoms with Crippen LogP contribution in [0.4, 0.5) is 8.78 Å². The lowest BCUT2D eigenvalue weighted by molar-refractivity contribution is 0.0749. The Labute approximate surface area is 162 Å². The fourth-order valence-corrected chi connectivity index (χ4v) is 4.60. The maximum Gasteiger partial charge on any atom is 0.257 e. The second kappa shape index (κ2) is 8.91. The van der Waals surface area contributed by atoms with Crippen molar-refractivity contribution in [1.82, 2.24) is 15.1 Å². The molecule has 1 amide bonds. The number of amides is 1. The van der Waals surface area contributed by atoms with Gasteiger partial charge in [-0.05, 0) is 37.0 Å². The van der Waals surface area contributed by atoms with Crippen LogP contribution in [-0.2, 0) is 0 Å². The second-order valence-electron chi connectivity index (χ2n) is 6.79. The molecule has 27 heavy (non-hydrogen) atoms. The molecule has 7 heteroatoms. The van der Waals surface area contributed by atoms with E-state index in [4.69, 9.17) is 0 Å². The summed E-state index contributed by atoms with van der Waals surface area (Å²) in [4.78, 5) is 18.4. The van der Waals surface area contributed by atoms with Crippen molar-refractivity contribution in [2.45, 2.75) is 25.9 Å². The van der Waals surface area contributed by atoms with Crippen molar-refractivity contribution in [3.05, 3.63) is 57.8 Å². The van der Waals surface area contributed by atoms with E-state index in [1.165, 1.54) is 6.07 Å².